The molecule has 1 saturated heterocycles. The number of fused-ring (bicyclic) bond motifs is 1. The van der Waals surface area contributed by atoms with E-state index in [1.807, 2.05) is 23.9 Å². The molecule has 112 valence electrons. The van der Waals surface area contributed by atoms with Crippen molar-refractivity contribution in [1.82, 2.24) is 9.97 Å². The van der Waals surface area contributed by atoms with Gasteiger partial charge in [-0.05, 0) is 42.9 Å². The average Bonchev–Trinajstić information content (AvgIpc) is 2.54. The van der Waals surface area contributed by atoms with Gasteiger partial charge in [0.2, 0.25) is 5.95 Å². The zero-order valence-electron chi connectivity index (χ0n) is 12.4. The molecule has 0 saturated carbocycles. The van der Waals surface area contributed by atoms with Crippen molar-refractivity contribution in [3.05, 3.63) is 24.3 Å². The predicted octanol–water partition coefficient (Wildman–Crippen LogP) is 3.76. The second kappa shape index (κ2) is 6.98. The molecule has 4 nitrogen and oxygen atoms in total. The summed E-state index contributed by atoms with van der Waals surface area (Å²) in [7, 11) is 0. The molecule has 21 heavy (non-hydrogen) atoms. The van der Waals surface area contributed by atoms with Crippen LogP contribution in [0.4, 0.5) is 11.8 Å². The molecule has 1 aromatic heterocycles. The minimum absolute atomic E-state index is 0.531. The van der Waals surface area contributed by atoms with Crippen LogP contribution in [0.3, 0.4) is 0 Å². The van der Waals surface area contributed by atoms with E-state index in [9.17, 15) is 0 Å². The topological polar surface area (TPSA) is 49.8 Å². The van der Waals surface area contributed by atoms with Gasteiger partial charge >= 0.3 is 0 Å². The standard InChI is InChI=1S/C16H22N4S/c1-2-9-17-16-19-14-6-4-3-5-13(14)15(20-16)18-12-7-10-21-11-8-12/h3-6,12H,2,7-11H2,1H3,(H2,17,18,19,20). The van der Waals surface area contributed by atoms with E-state index in [-0.39, 0.29) is 0 Å². The van der Waals surface area contributed by atoms with Crippen LogP contribution < -0.4 is 10.6 Å². The van der Waals surface area contributed by atoms with E-state index in [4.69, 9.17) is 4.98 Å². The molecule has 0 aliphatic carbocycles. The number of aromatic nitrogens is 2. The number of thioether (sulfide) groups is 1. The fraction of sp³-hybridized carbons (Fsp3) is 0.500. The molecule has 5 heteroatoms. The van der Waals surface area contributed by atoms with E-state index >= 15 is 0 Å². The maximum absolute atomic E-state index is 4.69. The Kier molecular flexibility index (Phi) is 4.80. The van der Waals surface area contributed by atoms with Gasteiger partial charge in [0.1, 0.15) is 5.82 Å². The third kappa shape index (κ3) is 3.59. The molecule has 2 heterocycles. The Morgan fingerprint density at radius 2 is 2.00 bits per heavy atom. The molecular weight excluding hydrogens is 280 g/mol. The number of hydrogen-bond donors (Lipinski definition) is 2. The Hall–Kier alpha value is -1.49. The van der Waals surface area contributed by atoms with Gasteiger partial charge in [-0.25, -0.2) is 4.98 Å². The molecule has 1 fully saturated rings. The summed E-state index contributed by atoms with van der Waals surface area (Å²) in [5, 5.41) is 8.04. The third-order valence-corrected chi connectivity index (χ3v) is 4.75. The molecule has 1 aliphatic rings. The van der Waals surface area contributed by atoms with E-state index < -0.39 is 0 Å². The minimum atomic E-state index is 0.531. The van der Waals surface area contributed by atoms with Crippen molar-refractivity contribution in [2.24, 2.45) is 0 Å². The molecule has 3 rings (SSSR count). The monoisotopic (exact) mass is 302 g/mol. The fourth-order valence-electron chi connectivity index (χ4n) is 2.54. The predicted molar refractivity (Wildman–Crippen MR) is 92.3 cm³/mol. The van der Waals surface area contributed by atoms with Crippen LogP contribution in [0.25, 0.3) is 10.9 Å². The SMILES string of the molecule is CCCNc1nc(NC2CCSCC2)c2ccccc2n1. The molecule has 0 bridgehead atoms. The summed E-state index contributed by atoms with van der Waals surface area (Å²) in [6, 6.07) is 8.75. The highest BCUT2D eigenvalue weighted by molar-refractivity contribution is 7.99. The van der Waals surface area contributed by atoms with Crippen LogP contribution >= 0.6 is 11.8 Å². The molecule has 0 unspecified atom stereocenters. The smallest absolute Gasteiger partial charge is 0.225 e. The van der Waals surface area contributed by atoms with Crippen LogP contribution in [0.2, 0.25) is 0 Å². The van der Waals surface area contributed by atoms with Gasteiger partial charge in [0.25, 0.3) is 0 Å². The lowest BCUT2D eigenvalue weighted by Crippen LogP contribution is -2.25. The molecule has 1 aliphatic heterocycles. The van der Waals surface area contributed by atoms with Crippen LogP contribution in [0, 0.1) is 0 Å². The van der Waals surface area contributed by atoms with Crippen molar-refractivity contribution >= 4 is 34.4 Å². The highest BCUT2D eigenvalue weighted by Gasteiger charge is 2.16. The lowest BCUT2D eigenvalue weighted by molar-refractivity contribution is 0.664. The summed E-state index contributed by atoms with van der Waals surface area (Å²) in [5.74, 6) is 4.17. The molecule has 1 aromatic carbocycles. The van der Waals surface area contributed by atoms with E-state index in [1.165, 1.54) is 24.3 Å². The van der Waals surface area contributed by atoms with Crippen LogP contribution in [-0.2, 0) is 0 Å². The van der Waals surface area contributed by atoms with E-state index in [2.05, 4.69) is 34.7 Å². The quantitative estimate of drug-likeness (QED) is 0.880. The largest absolute Gasteiger partial charge is 0.367 e. The molecular formula is C16H22N4S. The van der Waals surface area contributed by atoms with Crippen molar-refractivity contribution in [1.29, 1.82) is 0 Å². The summed E-state index contributed by atoms with van der Waals surface area (Å²) in [6.07, 6.45) is 3.49. The van der Waals surface area contributed by atoms with Gasteiger partial charge < -0.3 is 10.6 Å². The number of benzene rings is 1. The van der Waals surface area contributed by atoms with Crippen molar-refractivity contribution in [2.75, 3.05) is 28.7 Å². The van der Waals surface area contributed by atoms with Crippen LogP contribution in [-0.4, -0.2) is 34.1 Å². The van der Waals surface area contributed by atoms with Gasteiger partial charge in [0.15, 0.2) is 0 Å². The first-order valence-electron chi connectivity index (χ1n) is 7.71. The first-order chi connectivity index (χ1) is 10.4. The maximum Gasteiger partial charge on any atom is 0.225 e. The fourth-order valence-corrected chi connectivity index (χ4v) is 3.64. The van der Waals surface area contributed by atoms with Gasteiger partial charge in [-0.15, -0.1) is 0 Å². The molecule has 0 atom stereocenters. The Bertz CT molecular complexity index is 596. The first-order valence-corrected chi connectivity index (χ1v) is 8.87. The van der Waals surface area contributed by atoms with Crippen molar-refractivity contribution < 1.29 is 0 Å². The summed E-state index contributed by atoms with van der Waals surface area (Å²) in [5.41, 5.74) is 0.999. The minimum Gasteiger partial charge on any atom is -0.367 e. The van der Waals surface area contributed by atoms with Crippen molar-refractivity contribution in [3.8, 4) is 0 Å². The zero-order chi connectivity index (χ0) is 14.5. The van der Waals surface area contributed by atoms with Gasteiger partial charge in [-0.3, -0.25) is 0 Å². The Morgan fingerprint density at radius 3 is 2.81 bits per heavy atom. The third-order valence-electron chi connectivity index (χ3n) is 3.70. The molecule has 2 aromatic rings. The van der Waals surface area contributed by atoms with Crippen molar-refractivity contribution in [3.63, 3.8) is 0 Å². The maximum atomic E-state index is 4.69. The zero-order valence-corrected chi connectivity index (χ0v) is 13.2. The number of anilines is 2. The van der Waals surface area contributed by atoms with Gasteiger partial charge in [-0.1, -0.05) is 19.1 Å². The second-order valence-electron chi connectivity index (χ2n) is 5.37. The van der Waals surface area contributed by atoms with Gasteiger partial charge in [0.05, 0.1) is 5.52 Å². The second-order valence-corrected chi connectivity index (χ2v) is 6.60. The number of nitrogens with one attached hydrogen (secondary N) is 2. The van der Waals surface area contributed by atoms with Crippen molar-refractivity contribution in [2.45, 2.75) is 32.2 Å². The molecule has 0 spiro atoms. The summed E-state index contributed by atoms with van der Waals surface area (Å²) < 4.78 is 0. The van der Waals surface area contributed by atoms with Crippen LogP contribution in [0.15, 0.2) is 24.3 Å². The molecule has 2 N–H and O–H groups in total. The molecule has 0 amide bonds. The van der Waals surface area contributed by atoms with E-state index in [0.717, 1.165) is 35.6 Å². The Morgan fingerprint density at radius 1 is 1.19 bits per heavy atom. The van der Waals surface area contributed by atoms with E-state index in [0.29, 0.717) is 6.04 Å². The normalized spacial score (nSPS) is 16.0. The molecule has 0 radical (unpaired) electrons. The highest BCUT2D eigenvalue weighted by Crippen LogP contribution is 2.26. The first kappa shape index (κ1) is 14.4. The lowest BCUT2D eigenvalue weighted by Gasteiger charge is -2.24. The summed E-state index contributed by atoms with van der Waals surface area (Å²) in [6.45, 7) is 3.05. The van der Waals surface area contributed by atoms with Crippen LogP contribution in [0.1, 0.15) is 26.2 Å². The number of hydrogen-bond acceptors (Lipinski definition) is 5. The van der Waals surface area contributed by atoms with E-state index in [1.54, 1.807) is 0 Å². The summed E-state index contributed by atoms with van der Waals surface area (Å²) in [4.78, 5) is 9.29. The number of nitrogens with zero attached hydrogens (tertiary/aromatic N) is 2. The Balaban J connectivity index is 1.89. The number of rotatable bonds is 5. The summed E-state index contributed by atoms with van der Waals surface area (Å²) >= 11 is 2.04. The Labute approximate surface area is 130 Å². The lowest BCUT2D eigenvalue weighted by atomic mass is 10.1. The number of para-hydroxylation sites is 1. The van der Waals surface area contributed by atoms with Gasteiger partial charge in [-0.2, -0.15) is 16.7 Å². The highest BCUT2D eigenvalue weighted by atomic mass is 32.2. The van der Waals surface area contributed by atoms with Gasteiger partial charge in [0, 0.05) is 18.0 Å². The van der Waals surface area contributed by atoms with Crippen LogP contribution in [0.5, 0.6) is 0 Å². The average molecular weight is 302 g/mol.